The summed E-state index contributed by atoms with van der Waals surface area (Å²) in [4.78, 5) is 23.4. The van der Waals surface area contributed by atoms with Crippen molar-refractivity contribution in [1.29, 1.82) is 0 Å². The van der Waals surface area contributed by atoms with Crippen LogP contribution in [0.3, 0.4) is 0 Å². The highest BCUT2D eigenvalue weighted by Gasteiger charge is 2.55. The van der Waals surface area contributed by atoms with Crippen LogP contribution in [0.4, 0.5) is 19.0 Å². The van der Waals surface area contributed by atoms with Gasteiger partial charge in [-0.15, -0.1) is 0 Å². The van der Waals surface area contributed by atoms with E-state index in [1.165, 1.54) is 24.3 Å². The zero-order valence-corrected chi connectivity index (χ0v) is 12.9. The van der Waals surface area contributed by atoms with E-state index in [9.17, 15) is 27.9 Å². The summed E-state index contributed by atoms with van der Waals surface area (Å²) in [5, 5.41) is 17.3. The van der Waals surface area contributed by atoms with E-state index in [-0.39, 0.29) is 5.82 Å². The largest absolute Gasteiger partial charge is 0.423 e. The second-order valence-electron chi connectivity index (χ2n) is 5.18. The molecule has 0 aliphatic heterocycles. The van der Waals surface area contributed by atoms with Crippen LogP contribution < -0.4 is 10.6 Å². The van der Waals surface area contributed by atoms with Crippen molar-refractivity contribution in [3.63, 3.8) is 0 Å². The molecule has 0 saturated carbocycles. The summed E-state index contributed by atoms with van der Waals surface area (Å²) in [6.45, 7) is 0.316. The fourth-order valence-corrected chi connectivity index (χ4v) is 1.97. The lowest BCUT2D eigenvalue weighted by atomic mass is 9.93. The van der Waals surface area contributed by atoms with E-state index in [0.717, 1.165) is 12.1 Å². The van der Waals surface area contributed by atoms with Gasteiger partial charge in [0.25, 0.3) is 0 Å². The topological polar surface area (TPSA) is 104 Å². The minimum absolute atomic E-state index is 0.0632. The van der Waals surface area contributed by atoms with E-state index in [1.807, 2.05) is 0 Å². The van der Waals surface area contributed by atoms with Crippen molar-refractivity contribution in [1.82, 2.24) is 10.5 Å². The van der Waals surface area contributed by atoms with Crippen LogP contribution >= 0.6 is 0 Å². The molecule has 1 heterocycles. The summed E-state index contributed by atoms with van der Waals surface area (Å²) in [7, 11) is 0. The number of hydrogen-bond acceptors (Lipinski definition) is 5. The van der Waals surface area contributed by atoms with Gasteiger partial charge in [-0.2, -0.15) is 13.2 Å². The van der Waals surface area contributed by atoms with Gasteiger partial charge in [-0.1, -0.05) is 35.5 Å². The number of aliphatic hydroxyl groups is 1. The van der Waals surface area contributed by atoms with Gasteiger partial charge in [0, 0.05) is 6.07 Å². The van der Waals surface area contributed by atoms with Crippen molar-refractivity contribution < 1.29 is 32.4 Å². The molecule has 1 unspecified atom stereocenters. The third kappa shape index (κ3) is 4.15. The van der Waals surface area contributed by atoms with Crippen LogP contribution in [0, 0.1) is 6.92 Å². The molecular weight excluding hydrogens is 343 g/mol. The van der Waals surface area contributed by atoms with Crippen LogP contribution in [0.2, 0.25) is 0 Å². The number of alkyl halides is 3. The number of aromatic nitrogens is 1. The molecule has 2 amide bonds. The lowest BCUT2D eigenvalue weighted by molar-refractivity contribution is -0.264. The van der Waals surface area contributed by atoms with Crippen molar-refractivity contribution >= 4 is 17.6 Å². The number of amides is 2. The molecule has 0 fully saturated rings. The highest BCUT2D eigenvalue weighted by Crippen LogP contribution is 2.38. The van der Waals surface area contributed by atoms with Crippen molar-refractivity contribution in [2.45, 2.75) is 18.7 Å². The molecular formula is C15H14F3N3O4. The zero-order valence-electron chi connectivity index (χ0n) is 12.9. The molecule has 7 nitrogen and oxygen atoms in total. The molecule has 0 spiro atoms. The molecule has 0 bridgehead atoms. The van der Waals surface area contributed by atoms with Crippen molar-refractivity contribution in [3.8, 4) is 0 Å². The SMILES string of the molecule is Cc1cc(NC(=O)C(=O)NCC(O)(c2ccccc2)C(F)(F)F)no1. The maximum absolute atomic E-state index is 13.3. The number of halogens is 3. The molecule has 3 N–H and O–H groups in total. The summed E-state index contributed by atoms with van der Waals surface area (Å²) in [5.41, 5.74) is -3.80. The predicted molar refractivity (Wildman–Crippen MR) is 79.3 cm³/mol. The number of carbonyl (C=O) groups excluding carboxylic acids is 2. The first-order valence-corrected chi connectivity index (χ1v) is 7.00. The second kappa shape index (κ2) is 6.93. The summed E-state index contributed by atoms with van der Waals surface area (Å²) in [5.74, 6) is -2.30. The van der Waals surface area contributed by atoms with Crippen molar-refractivity contribution in [2.24, 2.45) is 0 Å². The van der Waals surface area contributed by atoms with Crippen LogP contribution in [0.1, 0.15) is 11.3 Å². The standard InChI is InChI=1S/C15H14F3N3O4/c1-9-7-11(21-25-9)20-13(23)12(22)19-8-14(24,15(16,17)18)10-5-3-2-4-6-10/h2-7,24H,8H2,1H3,(H,19,22)(H,20,21,23). The summed E-state index contributed by atoms with van der Waals surface area (Å²) >= 11 is 0. The molecule has 1 aromatic carbocycles. The number of nitrogens with zero attached hydrogens (tertiary/aromatic N) is 1. The lowest BCUT2D eigenvalue weighted by Crippen LogP contribution is -2.52. The van der Waals surface area contributed by atoms with Crippen LogP contribution in [0.25, 0.3) is 0 Å². The smallest absolute Gasteiger partial charge is 0.375 e. The van der Waals surface area contributed by atoms with Gasteiger partial charge in [-0.05, 0) is 12.5 Å². The van der Waals surface area contributed by atoms with Gasteiger partial charge in [-0.3, -0.25) is 14.9 Å². The van der Waals surface area contributed by atoms with Gasteiger partial charge in [0.15, 0.2) is 5.82 Å². The minimum atomic E-state index is -5.07. The molecule has 2 aromatic rings. The monoisotopic (exact) mass is 357 g/mol. The predicted octanol–water partition coefficient (Wildman–Crippen LogP) is 1.49. The Kier molecular flexibility index (Phi) is 5.12. The molecule has 1 aromatic heterocycles. The Balaban J connectivity index is 2.07. The number of carbonyl (C=O) groups is 2. The number of hydrogen-bond donors (Lipinski definition) is 3. The molecule has 0 aliphatic carbocycles. The summed E-state index contributed by atoms with van der Waals surface area (Å²) in [6, 6.07) is 7.56. The van der Waals surface area contributed by atoms with Crippen LogP contribution in [0.15, 0.2) is 40.9 Å². The van der Waals surface area contributed by atoms with Crippen molar-refractivity contribution in [2.75, 3.05) is 11.9 Å². The highest BCUT2D eigenvalue weighted by molar-refractivity contribution is 6.39. The quantitative estimate of drug-likeness (QED) is 0.719. The van der Waals surface area contributed by atoms with Gasteiger partial charge in [0.1, 0.15) is 5.76 Å². The van der Waals surface area contributed by atoms with E-state index in [4.69, 9.17) is 0 Å². The Labute approximate surface area is 139 Å². The summed E-state index contributed by atoms with van der Waals surface area (Å²) in [6.07, 6.45) is -5.07. The number of anilines is 1. The van der Waals surface area contributed by atoms with Crippen LogP contribution in [-0.2, 0) is 15.2 Å². The average Bonchev–Trinajstić information content (AvgIpc) is 2.96. The molecule has 10 heteroatoms. The summed E-state index contributed by atoms with van der Waals surface area (Å²) < 4.78 is 44.5. The van der Waals surface area contributed by atoms with Gasteiger partial charge in [-0.25, -0.2) is 0 Å². The van der Waals surface area contributed by atoms with Gasteiger partial charge in [0.05, 0.1) is 6.54 Å². The Morgan fingerprint density at radius 2 is 1.84 bits per heavy atom. The van der Waals surface area contributed by atoms with E-state index in [2.05, 4.69) is 15.0 Å². The number of benzene rings is 1. The Morgan fingerprint density at radius 3 is 2.36 bits per heavy atom. The fourth-order valence-electron chi connectivity index (χ4n) is 1.97. The Morgan fingerprint density at radius 1 is 1.20 bits per heavy atom. The van der Waals surface area contributed by atoms with Gasteiger partial charge in [0.2, 0.25) is 5.60 Å². The number of aryl methyl sites for hydroxylation is 1. The maximum Gasteiger partial charge on any atom is 0.423 e. The molecule has 0 radical (unpaired) electrons. The molecule has 134 valence electrons. The molecule has 0 saturated heterocycles. The van der Waals surface area contributed by atoms with Gasteiger partial charge >= 0.3 is 18.0 Å². The van der Waals surface area contributed by atoms with Crippen LogP contribution in [0.5, 0.6) is 0 Å². The normalized spacial score (nSPS) is 13.8. The van der Waals surface area contributed by atoms with E-state index in [0.29, 0.717) is 5.76 Å². The third-order valence-corrected chi connectivity index (χ3v) is 3.30. The molecule has 25 heavy (non-hydrogen) atoms. The van der Waals surface area contributed by atoms with Crippen molar-refractivity contribution in [3.05, 3.63) is 47.7 Å². The fraction of sp³-hybridized carbons (Fsp3) is 0.267. The first-order chi connectivity index (χ1) is 11.6. The van der Waals surface area contributed by atoms with E-state index < -0.39 is 35.7 Å². The van der Waals surface area contributed by atoms with Gasteiger partial charge < -0.3 is 14.9 Å². The first-order valence-electron chi connectivity index (χ1n) is 7.00. The Bertz CT molecular complexity index is 761. The van der Waals surface area contributed by atoms with E-state index in [1.54, 1.807) is 12.2 Å². The molecule has 1 atom stereocenters. The third-order valence-electron chi connectivity index (χ3n) is 3.30. The molecule has 2 rings (SSSR count). The zero-order chi connectivity index (χ0) is 18.7. The lowest BCUT2D eigenvalue weighted by Gasteiger charge is -2.31. The number of rotatable bonds is 4. The highest BCUT2D eigenvalue weighted by atomic mass is 19.4. The second-order valence-corrected chi connectivity index (χ2v) is 5.18. The first kappa shape index (κ1) is 18.5. The Hall–Kier alpha value is -2.88. The van der Waals surface area contributed by atoms with E-state index >= 15 is 0 Å². The number of nitrogens with one attached hydrogen (secondary N) is 2. The molecule has 0 aliphatic rings. The minimum Gasteiger partial charge on any atom is -0.375 e. The average molecular weight is 357 g/mol. The maximum atomic E-state index is 13.3. The van der Waals surface area contributed by atoms with Crippen LogP contribution in [-0.4, -0.2) is 34.8 Å².